The fraction of sp³-hybridized carbons (Fsp3) is 0.857. The second-order valence-electron chi connectivity index (χ2n) is 5.48. The minimum Gasteiger partial charge on any atom is -0.469 e. The molecule has 2 aliphatic carbocycles. The van der Waals surface area contributed by atoms with Gasteiger partial charge in [-0.15, -0.1) is 0 Å². The van der Waals surface area contributed by atoms with E-state index in [1.165, 1.54) is 14.2 Å². The molecule has 116 valence electrons. The highest BCUT2D eigenvalue weighted by Crippen LogP contribution is 2.34. The molecule has 0 radical (unpaired) electrons. The number of hydrogen-bond acceptors (Lipinski definition) is 6. The molecule has 6 heteroatoms. The maximum Gasteiger partial charge on any atom is 0.308 e. The van der Waals surface area contributed by atoms with Crippen LogP contribution in [0.25, 0.3) is 0 Å². The normalized spacial score (nSPS) is 31.0. The molecule has 2 fully saturated rings. The Balaban J connectivity index is 0.000000200. The zero-order valence-electron chi connectivity index (χ0n) is 12.1. The Bertz CT molecular complexity index is 286. The Morgan fingerprint density at radius 1 is 0.850 bits per heavy atom. The first-order valence-electron chi connectivity index (χ1n) is 6.93. The molecule has 0 heterocycles. The number of hydrogen-bond donors (Lipinski definition) is 2. The number of aliphatic hydroxyl groups is 2. The summed E-state index contributed by atoms with van der Waals surface area (Å²) in [6.45, 7) is 0.404. The van der Waals surface area contributed by atoms with Gasteiger partial charge in [0.15, 0.2) is 0 Å². The van der Waals surface area contributed by atoms with Gasteiger partial charge in [-0.3, -0.25) is 9.59 Å². The number of carbonyl (C=O) groups excluding carboxylic acids is 2. The van der Waals surface area contributed by atoms with Crippen LogP contribution in [-0.4, -0.2) is 49.6 Å². The van der Waals surface area contributed by atoms with Crippen molar-refractivity contribution in [2.75, 3.05) is 27.4 Å². The first-order chi connectivity index (χ1) is 9.55. The lowest BCUT2D eigenvalue weighted by atomic mass is 9.75. The summed E-state index contributed by atoms with van der Waals surface area (Å²) in [4.78, 5) is 21.5. The van der Waals surface area contributed by atoms with E-state index in [1.54, 1.807) is 0 Å². The van der Waals surface area contributed by atoms with Gasteiger partial charge in [-0.2, -0.15) is 0 Å². The van der Waals surface area contributed by atoms with Gasteiger partial charge in [-0.25, -0.2) is 0 Å². The van der Waals surface area contributed by atoms with Gasteiger partial charge >= 0.3 is 11.9 Å². The summed E-state index contributed by atoms with van der Waals surface area (Å²) in [5, 5.41) is 17.2. The molecule has 0 aromatic heterocycles. The standard InChI is InChI=1S/2C7H12O3/c2*1-10-7(9)6-2-5(3-6)4-8/h2*5-6,8H,2-4H2,1H3. The summed E-state index contributed by atoms with van der Waals surface area (Å²) < 4.78 is 9.05. The van der Waals surface area contributed by atoms with Crippen LogP contribution < -0.4 is 0 Å². The van der Waals surface area contributed by atoms with Crippen molar-refractivity contribution in [3.8, 4) is 0 Å². The van der Waals surface area contributed by atoms with Crippen LogP contribution in [0.5, 0.6) is 0 Å². The van der Waals surface area contributed by atoms with Crippen LogP contribution in [-0.2, 0) is 19.1 Å². The predicted octanol–water partition coefficient (Wildman–Crippen LogP) is 0.356. The van der Waals surface area contributed by atoms with E-state index in [2.05, 4.69) is 9.47 Å². The van der Waals surface area contributed by atoms with Crippen molar-refractivity contribution in [3.05, 3.63) is 0 Å². The number of esters is 2. The molecule has 0 amide bonds. The average molecular weight is 288 g/mol. The Hall–Kier alpha value is -1.14. The predicted molar refractivity (Wildman–Crippen MR) is 70.6 cm³/mol. The molecule has 0 unspecified atom stereocenters. The quantitative estimate of drug-likeness (QED) is 0.725. The number of methoxy groups -OCH3 is 2. The number of rotatable bonds is 4. The summed E-state index contributed by atoms with van der Waals surface area (Å²) in [5.74, 6) is 0.520. The molecule has 0 aromatic rings. The second kappa shape index (κ2) is 8.21. The van der Waals surface area contributed by atoms with Gasteiger partial charge in [0.2, 0.25) is 0 Å². The largest absolute Gasteiger partial charge is 0.469 e. The molecule has 0 bridgehead atoms. The lowest BCUT2D eigenvalue weighted by molar-refractivity contribution is -0.151. The Labute approximate surface area is 119 Å². The Morgan fingerprint density at radius 3 is 1.35 bits per heavy atom. The van der Waals surface area contributed by atoms with Gasteiger partial charge < -0.3 is 19.7 Å². The molecule has 2 saturated carbocycles. The van der Waals surface area contributed by atoms with Crippen molar-refractivity contribution >= 4 is 11.9 Å². The lowest BCUT2D eigenvalue weighted by Gasteiger charge is -2.31. The molecule has 6 nitrogen and oxygen atoms in total. The Kier molecular flexibility index (Phi) is 6.95. The molecule has 0 aliphatic heterocycles. The maximum atomic E-state index is 10.8. The summed E-state index contributed by atoms with van der Waals surface area (Å²) in [6, 6.07) is 0. The van der Waals surface area contributed by atoms with Crippen LogP contribution in [0.2, 0.25) is 0 Å². The fourth-order valence-electron chi connectivity index (χ4n) is 2.49. The number of carbonyl (C=O) groups is 2. The zero-order valence-corrected chi connectivity index (χ0v) is 12.1. The van der Waals surface area contributed by atoms with E-state index in [9.17, 15) is 9.59 Å². The summed E-state index contributed by atoms with van der Waals surface area (Å²) in [7, 11) is 2.79. The van der Waals surface area contributed by atoms with Crippen molar-refractivity contribution in [2.45, 2.75) is 25.7 Å². The minimum absolute atomic E-state index is 0.0575. The molecule has 0 saturated heterocycles. The SMILES string of the molecule is COC(=O)C1CC(CO)C1.COC(=O)C1CC(CO)C1. The van der Waals surface area contributed by atoms with Gasteiger partial charge in [0.25, 0.3) is 0 Å². The summed E-state index contributed by atoms with van der Waals surface area (Å²) in [5.41, 5.74) is 0. The van der Waals surface area contributed by atoms with E-state index in [4.69, 9.17) is 10.2 Å². The highest BCUT2D eigenvalue weighted by Gasteiger charge is 2.35. The molecule has 2 rings (SSSR count). The van der Waals surface area contributed by atoms with E-state index in [1.807, 2.05) is 0 Å². The molecular weight excluding hydrogens is 264 g/mol. The summed E-state index contributed by atoms with van der Waals surface area (Å²) in [6.07, 6.45) is 3.18. The first kappa shape index (κ1) is 16.9. The van der Waals surface area contributed by atoms with E-state index >= 15 is 0 Å². The average Bonchev–Trinajstić information content (AvgIpc) is 2.36. The monoisotopic (exact) mass is 288 g/mol. The molecule has 0 spiro atoms. The number of ether oxygens (including phenoxy) is 2. The van der Waals surface area contributed by atoms with E-state index in [-0.39, 0.29) is 37.0 Å². The van der Waals surface area contributed by atoms with Crippen LogP contribution in [0.3, 0.4) is 0 Å². The third-order valence-corrected chi connectivity index (χ3v) is 4.06. The molecule has 2 aliphatic rings. The fourth-order valence-corrected chi connectivity index (χ4v) is 2.49. The third kappa shape index (κ3) is 4.45. The van der Waals surface area contributed by atoms with Crippen LogP contribution in [0.1, 0.15) is 25.7 Å². The van der Waals surface area contributed by atoms with Crippen LogP contribution in [0.15, 0.2) is 0 Å². The van der Waals surface area contributed by atoms with Crippen molar-refractivity contribution in [3.63, 3.8) is 0 Å². The molecule has 0 aromatic carbocycles. The van der Waals surface area contributed by atoms with Gasteiger partial charge in [0, 0.05) is 13.2 Å². The van der Waals surface area contributed by atoms with Crippen LogP contribution >= 0.6 is 0 Å². The van der Waals surface area contributed by atoms with E-state index < -0.39 is 0 Å². The van der Waals surface area contributed by atoms with Crippen molar-refractivity contribution in [1.29, 1.82) is 0 Å². The number of aliphatic hydroxyl groups excluding tert-OH is 2. The van der Waals surface area contributed by atoms with Crippen LogP contribution in [0.4, 0.5) is 0 Å². The van der Waals surface area contributed by atoms with Gasteiger partial charge in [0.05, 0.1) is 26.1 Å². The zero-order chi connectivity index (χ0) is 15.1. The highest BCUT2D eigenvalue weighted by molar-refractivity contribution is 5.73. The maximum absolute atomic E-state index is 10.8. The smallest absolute Gasteiger partial charge is 0.308 e. The minimum atomic E-state index is -0.135. The van der Waals surface area contributed by atoms with Crippen molar-refractivity contribution in [2.24, 2.45) is 23.7 Å². The van der Waals surface area contributed by atoms with Gasteiger partial charge in [0.1, 0.15) is 0 Å². The van der Waals surface area contributed by atoms with Gasteiger partial charge in [-0.1, -0.05) is 0 Å². The molecule has 2 N–H and O–H groups in total. The summed E-state index contributed by atoms with van der Waals surface area (Å²) >= 11 is 0. The lowest BCUT2D eigenvalue weighted by Crippen LogP contribution is -2.33. The third-order valence-electron chi connectivity index (χ3n) is 4.06. The van der Waals surface area contributed by atoms with Crippen LogP contribution in [0, 0.1) is 23.7 Å². The second-order valence-corrected chi connectivity index (χ2v) is 5.48. The molecule has 0 atom stereocenters. The topological polar surface area (TPSA) is 93.1 Å². The highest BCUT2D eigenvalue weighted by atomic mass is 16.5. The van der Waals surface area contributed by atoms with E-state index in [0.29, 0.717) is 11.8 Å². The molecular formula is C14H24O6. The molecule has 20 heavy (non-hydrogen) atoms. The van der Waals surface area contributed by atoms with Crippen molar-refractivity contribution < 1.29 is 29.3 Å². The van der Waals surface area contributed by atoms with E-state index in [0.717, 1.165) is 25.7 Å². The first-order valence-corrected chi connectivity index (χ1v) is 6.93. The van der Waals surface area contributed by atoms with Crippen molar-refractivity contribution in [1.82, 2.24) is 0 Å². The Morgan fingerprint density at radius 2 is 1.15 bits per heavy atom. The van der Waals surface area contributed by atoms with Gasteiger partial charge in [-0.05, 0) is 37.5 Å².